The number of carboxylic acid groups (broad SMARTS) is 1. The van der Waals surface area contributed by atoms with Gasteiger partial charge in [0.15, 0.2) is 0 Å². The third kappa shape index (κ3) is 2.58. The first-order valence-electron chi connectivity index (χ1n) is 5.89. The summed E-state index contributed by atoms with van der Waals surface area (Å²) < 4.78 is 13.1. The lowest BCUT2D eigenvalue weighted by Crippen LogP contribution is -2.44. The molecule has 1 aliphatic heterocycles. The Morgan fingerprint density at radius 3 is 2.80 bits per heavy atom. The number of halogens is 1. The molecule has 8 heteroatoms. The number of anilines is 1. The zero-order valence-electron chi connectivity index (χ0n) is 10.6. The van der Waals surface area contributed by atoms with E-state index in [0.717, 1.165) is 6.07 Å². The van der Waals surface area contributed by atoms with E-state index in [2.05, 4.69) is 10.3 Å². The van der Waals surface area contributed by atoms with E-state index in [1.807, 2.05) is 0 Å². The van der Waals surface area contributed by atoms with Gasteiger partial charge in [0, 0.05) is 6.42 Å². The average molecular weight is 281 g/mol. The fraction of sp³-hybridized carbons (Fsp3) is 0.333. The summed E-state index contributed by atoms with van der Waals surface area (Å²) >= 11 is 0. The fourth-order valence-corrected chi connectivity index (χ4v) is 2.00. The van der Waals surface area contributed by atoms with Crippen LogP contribution in [-0.2, 0) is 9.59 Å². The first-order valence-corrected chi connectivity index (χ1v) is 5.89. The maximum atomic E-state index is 13.1. The van der Waals surface area contributed by atoms with E-state index in [1.54, 1.807) is 0 Å². The minimum atomic E-state index is -1.46. The number of nitrogens with zero attached hydrogens (tertiary/aromatic N) is 2. The lowest BCUT2D eigenvalue weighted by atomic mass is 10.2. The Kier molecular flexibility index (Phi) is 3.64. The number of aromatic nitrogens is 1. The number of nitrogens with one attached hydrogen (secondary N) is 1. The summed E-state index contributed by atoms with van der Waals surface area (Å²) in [5, 5.41) is 11.3. The Morgan fingerprint density at radius 2 is 2.20 bits per heavy atom. The molecule has 0 bridgehead atoms. The molecule has 1 atom stereocenters. The van der Waals surface area contributed by atoms with Crippen LogP contribution in [0.4, 0.5) is 15.0 Å². The van der Waals surface area contributed by atoms with Crippen molar-refractivity contribution < 1.29 is 23.9 Å². The maximum Gasteiger partial charge on any atom is 0.414 e. The van der Waals surface area contributed by atoms with E-state index in [4.69, 9.17) is 5.11 Å². The molecular weight excluding hydrogens is 269 g/mol. The van der Waals surface area contributed by atoms with Crippen LogP contribution in [0.1, 0.15) is 18.5 Å². The van der Waals surface area contributed by atoms with Crippen molar-refractivity contribution in [3.63, 3.8) is 0 Å². The van der Waals surface area contributed by atoms with Gasteiger partial charge in [-0.3, -0.25) is 9.59 Å². The van der Waals surface area contributed by atoms with E-state index in [-0.39, 0.29) is 24.4 Å². The second-order valence-corrected chi connectivity index (χ2v) is 4.35. The van der Waals surface area contributed by atoms with Crippen LogP contribution < -0.4 is 5.32 Å². The van der Waals surface area contributed by atoms with Crippen LogP contribution in [0, 0.1) is 12.7 Å². The molecule has 1 aliphatic rings. The first kappa shape index (κ1) is 13.9. The van der Waals surface area contributed by atoms with Crippen LogP contribution in [0.15, 0.2) is 12.1 Å². The lowest BCUT2D eigenvalue weighted by molar-refractivity contribution is -0.131. The van der Waals surface area contributed by atoms with E-state index in [0.29, 0.717) is 4.90 Å². The van der Waals surface area contributed by atoms with Gasteiger partial charge in [0.1, 0.15) is 17.7 Å². The molecule has 1 saturated heterocycles. The van der Waals surface area contributed by atoms with Crippen LogP contribution in [0.2, 0.25) is 0 Å². The van der Waals surface area contributed by atoms with Crippen molar-refractivity contribution in [1.29, 1.82) is 0 Å². The molecule has 0 aromatic carbocycles. The van der Waals surface area contributed by atoms with Crippen LogP contribution in [0.25, 0.3) is 0 Å². The zero-order chi connectivity index (χ0) is 14.9. The van der Waals surface area contributed by atoms with Crippen molar-refractivity contribution >= 4 is 23.7 Å². The van der Waals surface area contributed by atoms with Gasteiger partial charge in [-0.05, 0) is 25.5 Å². The number of pyridine rings is 1. The van der Waals surface area contributed by atoms with Crippen LogP contribution in [0.5, 0.6) is 0 Å². The standard InChI is InChI=1S/C12H12FN3O4/c1-6-7(13)2-4-9(14-6)15-11(18)8-3-5-10(17)16(8)12(19)20/h2,4,8H,3,5H2,1H3,(H,19,20)(H,14,15,18). The summed E-state index contributed by atoms with van der Waals surface area (Å²) in [6.07, 6.45) is -1.34. The lowest BCUT2D eigenvalue weighted by Gasteiger charge is -2.18. The smallest absolute Gasteiger partial charge is 0.414 e. The topological polar surface area (TPSA) is 99.6 Å². The summed E-state index contributed by atoms with van der Waals surface area (Å²) in [4.78, 5) is 38.6. The molecule has 0 saturated carbocycles. The van der Waals surface area contributed by atoms with Gasteiger partial charge in [-0.15, -0.1) is 0 Å². The van der Waals surface area contributed by atoms with Crippen molar-refractivity contribution in [2.24, 2.45) is 0 Å². The maximum absolute atomic E-state index is 13.1. The SMILES string of the molecule is Cc1nc(NC(=O)C2CCC(=O)N2C(=O)O)ccc1F. The highest BCUT2D eigenvalue weighted by Crippen LogP contribution is 2.20. The molecule has 2 N–H and O–H groups in total. The highest BCUT2D eigenvalue weighted by molar-refractivity contribution is 6.04. The van der Waals surface area contributed by atoms with Crippen LogP contribution >= 0.6 is 0 Å². The Morgan fingerprint density at radius 1 is 1.50 bits per heavy atom. The van der Waals surface area contributed by atoms with Gasteiger partial charge in [0.2, 0.25) is 11.8 Å². The summed E-state index contributed by atoms with van der Waals surface area (Å²) in [5.74, 6) is -1.66. The van der Waals surface area contributed by atoms with Crippen LogP contribution in [-0.4, -0.2) is 38.9 Å². The van der Waals surface area contributed by atoms with Gasteiger partial charge < -0.3 is 10.4 Å². The Labute approximate surface area is 113 Å². The second-order valence-electron chi connectivity index (χ2n) is 4.35. The van der Waals surface area contributed by atoms with E-state index in [1.165, 1.54) is 13.0 Å². The molecule has 0 radical (unpaired) electrons. The summed E-state index contributed by atoms with van der Waals surface area (Å²) in [7, 11) is 0. The predicted molar refractivity (Wildman–Crippen MR) is 65.5 cm³/mol. The summed E-state index contributed by atoms with van der Waals surface area (Å²) in [6, 6.07) is 1.33. The zero-order valence-corrected chi connectivity index (χ0v) is 10.6. The molecular formula is C12H12FN3O4. The number of carbonyl (C=O) groups is 3. The molecule has 2 heterocycles. The van der Waals surface area contributed by atoms with E-state index >= 15 is 0 Å². The summed E-state index contributed by atoms with van der Waals surface area (Å²) in [6.45, 7) is 1.44. The Hall–Kier alpha value is -2.51. The number of aryl methyl sites for hydroxylation is 1. The van der Waals surface area contributed by atoms with Crippen LogP contribution in [0.3, 0.4) is 0 Å². The first-order chi connectivity index (χ1) is 9.40. The molecule has 7 nitrogen and oxygen atoms in total. The minimum Gasteiger partial charge on any atom is -0.465 e. The number of imide groups is 1. The highest BCUT2D eigenvalue weighted by Gasteiger charge is 2.40. The fourth-order valence-electron chi connectivity index (χ4n) is 2.00. The Balaban J connectivity index is 2.13. The molecule has 1 aromatic heterocycles. The number of carbonyl (C=O) groups excluding carboxylic acids is 2. The number of hydrogen-bond acceptors (Lipinski definition) is 4. The van der Waals surface area contributed by atoms with Crippen molar-refractivity contribution in [3.8, 4) is 0 Å². The molecule has 1 aromatic rings. The van der Waals surface area contributed by atoms with Crippen molar-refractivity contribution in [2.75, 3.05) is 5.32 Å². The summed E-state index contributed by atoms with van der Waals surface area (Å²) in [5.41, 5.74) is 0.111. The number of hydrogen-bond donors (Lipinski definition) is 2. The van der Waals surface area contributed by atoms with Crippen molar-refractivity contribution in [1.82, 2.24) is 9.88 Å². The van der Waals surface area contributed by atoms with Gasteiger partial charge in [-0.2, -0.15) is 0 Å². The number of amides is 3. The largest absolute Gasteiger partial charge is 0.465 e. The third-order valence-electron chi connectivity index (χ3n) is 2.99. The van der Waals surface area contributed by atoms with Gasteiger partial charge in [0.25, 0.3) is 0 Å². The van der Waals surface area contributed by atoms with Gasteiger partial charge in [-0.1, -0.05) is 0 Å². The van der Waals surface area contributed by atoms with Gasteiger partial charge in [0.05, 0.1) is 5.69 Å². The second kappa shape index (κ2) is 5.24. The van der Waals surface area contributed by atoms with Gasteiger partial charge in [-0.25, -0.2) is 19.1 Å². The minimum absolute atomic E-state index is 0.000259. The van der Waals surface area contributed by atoms with E-state index < -0.39 is 29.8 Å². The van der Waals surface area contributed by atoms with Crippen molar-refractivity contribution in [2.45, 2.75) is 25.8 Å². The molecule has 3 amide bonds. The molecule has 1 fully saturated rings. The molecule has 20 heavy (non-hydrogen) atoms. The highest BCUT2D eigenvalue weighted by atomic mass is 19.1. The average Bonchev–Trinajstić information content (AvgIpc) is 2.76. The Bertz CT molecular complexity index is 590. The van der Waals surface area contributed by atoms with E-state index in [9.17, 15) is 18.8 Å². The molecule has 1 unspecified atom stereocenters. The number of rotatable bonds is 2. The normalized spacial score (nSPS) is 18.2. The molecule has 0 aliphatic carbocycles. The third-order valence-corrected chi connectivity index (χ3v) is 2.99. The quantitative estimate of drug-likeness (QED) is 0.846. The van der Waals surface area contributed by atoms with Gasteiger partial charge >= 0.3 is 6.09 Å². The predicted octanol–water partition coefficient (Wildman–Crippen LogP) is 1.14. The molecule has 106 valence electrons. The monoisotopic (exact) mass is 281 g/mol. The molecule has 0 spiro atoms. The molecule has 2 rings (SSSR count). The number of likely N-dealkylation sites (tertiary alicyclic amines) is 1. The van der Waals surface area contributed by atoms with Crippen molar-refractivity contribution in [3.05, 3.63) is 23.6 Å².